The third kappa shape index (κ3) is 2.29. The molecular formula is C12H8Br2OS. The molecule has 82 valence electrons. The van der Waals surface area contributed by atoms with Crippen LogP contribution in [0.1, 0.15) is 15.2 Å². The van der Waals surface area contributed by atoms with Crippen LogP contribution >= 0.6 is 43.2 Å². The smallest absolute Gasteiger partial charge is 0.160 e. The Bertz CT molecular complexity index is 523. The molecule has 0 aliphatic carbocycles. The highest BCUT2D eigenvalue weighted by molar-refractivity contribution is 9.11. The van der Waals surface area contributed by atoms with Gasteiger partial charge in [0.15, 0.2) is 6.29 Å². The zero-order valence-electron chi connectivity index (χ0n) is 8.46. The molecule has 1 aromatic heterocycles. The van der Waals surface area contributed by atoms with E-state index in [1.807, 2.05) is 19.1 Å². The Hall–Kier alpha value is -0.450. The number of hydrogen-bond acceptors (Lipinski definition) is 2. The molecule has 1 nitrogen and oxygen atoms in total. The Balaban J connectivity index is 2.59. The molecule has 16 heavy (non-hydrogen) atoms. The van der Waals surface area contributed by atoms with Crippen molar-refractivity contribution in [2.75, 3.05) is 0 Å². The lowest BCUT2D eigenvalue weighted by Gasteiger charge is -2.06. The average molecular weight is 360 g/mol. The maximum Gasteiger partial charge on any atom is 0.160 e. The summed E-state index contributed by atoms with van der Waals surface area (Å²) in [6.45, 7) is 2.05. The van der Waals surface area contributed by atoms with Crippen LogP contribution < -0.4 is 0 Å². The zero-order valence-corrected chi connectivity index (χ0v) is 12.4. The van der Waals surface area contributed by atoms with Crippen molar-refractivity contribution >= 4 is 49.5 Å². The van der Waals surface area contributed by atoms with E-state index in [0.717, 1.165) is 30.5 Å². The summed E-state index contributed by atoms with van der Waals surface area (Å²) in [5, 5.41) is 0. The molecule has 0 aliphatic heterocycles. The molecule has 0 bridgehead atoms. The lowest BCUT2D eigenvalue weighted by Crippen LogP contribution is -1.81. The highest BCUT2D eigenvalue weighted by Crippen LogP contribution is 2.39. The van der Waals surface area contributed by atoms with E-state index in [9.17, 15) is 4.79 Å². The highest BCUT2D eigenvalue weighted by atomic mass is 79.9. The van der Waals surface area contributed by atoms with Crippen LogP contribution in [0.4, 0.5) is 0 Å². The third-order valence-corrected chi connectivity index (χ3v) is 4.45. The summed E-state index contributed by atoms with van der Waals surface area (Å²) < 4.78 is 2.08. The summed E-state index contributed by atoms with van der Waals surface area (Å²) in [7, 11) is 0. The van der Waals surface area contributed by atoms with Crippen LogP contribution in [0.2, 0.25) is 0 Å². The van der Waals surface area contributed by atoms with Crippen molar-refractivity contribution in [3.63, 3.8) is 0 Å². The van der Waals surface area contributed by atoms with E-state index in [2.05, 4.69) is 44.0 Å². The summed E-state index contributed by atoms with van der Waals surface area (Å²) in [5.74, 6) is 0. The first-order valence-corrected chi connectivity index (χ1v) is 7.03. The molecule has 0 aliphatic rings. The minimum Gasteiger partial charge on any atom is -0.297 e. The van der Waals surface area contributed by atoms with E-state index in [-0.39, 0.29) is 0 Å². The molecule has 0 unspecified atom stereocenters. The van der Waals surface area contributed by atoms with Crippen molar-refractivity contribution in [3.8, 4) is 10.4 Å². The molecule has 4 heteroatoms. The van der Waals surface area contributed by atoms with Crippen molar-refractivity contribution < 1.29 is 4.79 Å². The molecule has 1 heterocycles. The Morgan fingerprint density at radius 3 is 2.31 bits per heavy atom. The molecule has 2 aromatic rings. The molecule has 0 saturated carbocycles. The Morgan fingerprint density at radius 2 is 1.81 bits per heavy atom. The van der Waals surface area contributed by atoms with Gasteiger partial charge in [-0.2, -0.15) is 0 Å². The van der Waals surface area contributed by atoms with Crippen LogP contribution in [0, 0.1) is 6.92 Å². The molecular weight excluding hydrogens is 352 g/mol. The maximum absolute atomic E-state index is 10.7. The van der Waals surface area contributed by atoms with Crippen LogP contribution in [0.25, 0.3) is 10.4 Å². The van der Waals surface area contributed by atoms with Crippen LogP contribution in [-0.4, -0.2) is 6.29 Å². The Labute approximate surface area is 115 Å². The van der Waals surface area contributed by atoms with Crippen molar-refractivity contribution in [3.05, 3.63) is 43.7 Å². The van der Waals surface area contributed by atoms with Gasteiger partial charge in [-0.3, -0.25) is 4.79 Å². The van der Waals surface area contributed by atoms with Crippen molar-refractivity contribution in [1.29, 1.82) is 0 Å². The molecule has 0 saturated heterocycles. The number of thiophene rings is 1. The van der Waals surface area contributed by atoms with Gasteiger partial charge in [0.1, 0.15) is 0 Å². The summed E-state index contributed by atoms with van der Waals surface area (Å²) in [4.78, 5) is 12.5. The van der Waals surface area contributed by atoms with Crippen molar-refractivity contribution in [2.45, 2.75) is 6.92 Å². The highest BCUT2D eigenvalue weighted by Gasteiger charge is 2.11. The van der Waals surface area contributed by atoms with E-state index >= 15 is 0 Å². The van der Waals surface area contributed by atoms with E-state index in [1.54, 1.807) is 0 Å². The van der Waals surface area contributed by atoms with Crippen molar-refractivity contribution in [2.24, 2.45) is 0 Å². The predicted octanol–water partition coefficient (Wildman–Crippen LogP) is 5.06. The second-order valence-electron chi connectivity index (χ2n) is 3.42. The van der Waals surface area contributed by atoms with Gasteiger partial charge in [0.2, 0.25) is 0 Å². The van der Waals surface area contributed by atoms with E-state index in [1.165, 1.54) is 16.9 Å². The van der Waals surface area contributed by atoms with Gasteiger partial charge in [0, 0.05) is 19.4 Å². The van der Waals surface area contributed by atoms with Gasteiger partial charge in [-0.05, 0) is 36.8 Å². The van der Waals surface area contributed by atoms with Crippen LogP contribution in [0.5, 0.6) is 0 Å². The summed E-state index contributed by atoms with van der Waals surface area (Å²) in [6.07, 6.45) is 0.879. The van der Waals surface area contributed by atoms with E-state index in [0.29, 0.717) is 0 Å². The minimum absolute atomic E-state index is 0.745. The van der Waals surface area contributed by atoms with Gasteiger partial charge in [0.05, 0.1) is 4.88 Å². The zero-order chi connectivity index (χ0) is 11.7. The molecule has 0 fully saturated rings. The monoisotopic (exact) mass is 358 g/mol. The predicted molar refractivity (Wildman–Crippen MR) is 75.3 cm³/mol. The quantitative estimate of drug-likeness (QED) is 0.685. The van der Waals surface area contributed by atoms with E-state index < -0.39 is 0 Å². The number of halogens is 2. The van der Waals surface area contributed by atoms with Gasteiger partial charge in [-0.15, -0.1) is 11.3 Å². The van der Waals surface area contributed by atoms with Gasteiger partial charge in [0.25, 0.3) is 0 Å². The normalized spacial score (nSPS) is 10.4. The Kier molecular flexibility index (Phi) is 3.62. The second-order valence-corrected chi connectivity index (χ2v) is 6.25. The number of aldehydes is 1. The summed E-state index contributed by atoms with van der Waals surface area (Å²) in [5.41, 5.74) is 2.29. The topological polar surface area (TPSA) is 17.1 Å². The fourth-order valence-electron chi connectivity index (χ4n) is 1.49. The number of aryl methyl sites for hydroxylation is 1. The summed E-state index contributed by atoms with van der Waals surface area (Å²) >= 11 is 8.60. The minimum atomic E-state index is 0.745. The first-order chi connectivity index (χ1) is 7.61. The van der Waals surface area contributed by atoms with Crippen LogP contribution in [0.15, 0.2) is 33.2 Å². The van der Waals surface area contributed by atoms with Gasteiger partial charge >= 0.3 is 0 Å². The number of rotatable bonds is 2. The molecule has 0 amide bonds. The molecule has 1 aromatic carbocycles. The SMILES string of the molecule is Cc1cc(Br)c(-c2ccc(C=O)s2)c(Br)c1. The van der Waals surface area contributed by atoms with Gasteiger partial charge < -0.3 is 0 Å². The molecule has 0 radical (unpaired) electrons. The lowest BCUT2D eigenvalue weighted by molar-refractivity contribution is 0.112. The maximum atomic E-state index is 10.7. The lowest BCUT2D eigenvalue weighted by atomic mass is 10.1. The standard InChI is InChI=1S/C12H8Br2OS/c1-7-4-9(13)12(10(14)5-7)11-3-2-8(6-15)16-11/h2-6H,1H3. The third-order valence-electron chi connectivity index (χ3n) is 2.18. The number of hydrogen-bond donors (Lipinski definition) is 0. The number of benzene rings is 1. The van der Waals surface area contributed by atoms with Crippen LogP contribution in [-0.2, 0) is 0 Å². The first-order valence-electron chi connectivity index (χ1n) is 4.63. The molecule has 0 N–H and O–H groups in total. The fraction of sp³-hybridized carbons (Fsp3) is 0.0833. The number of carbonyl (C=O) groups is 1. The van der Waals surface area contributed by atoms with Gasteiger partial charge in [-0.25, -0.2) is 0 Å². The molecule has 0 atom stereocenters. The second kappa shape index (κ2) is 4.82. The first kappa shape index (κ1) is 12.0. The average Bonchev–Trinajstić information content (AvgIpc) is 2.64. The molecule has 2 rings (SSSR count). The summed E-state index contributed by atoms with van der Waals surface area (Å²) in [6, 6.07) is 7.95. The largest absolute Gasteiger partial charge is 0.297 e. The van der Waals surface area contributed by atoms with Gasteiger partial charge in [-0.1, -0.05) is 31.9 Å². The van der Waals surface area contributed by atoms with E-state index in [4.69, 9.17) is 0 Å². The van der Waals surface area contributed by atoms with Crippen LogP contribution in [0.3, 0.4) is 0 Å². The number of carbonyl (C=O) groups excluding carboxylic acids is 1. The molecule has 0 spiro atoms. The fourth-order valence-corrected chi connectivity index (χ4v) is 4.49. The van der Waals surface area contributed by atoms with Crippen molar-refractivity contribution in [1.82, 2.24) is 0 Å². The Morgan fingerprint density at radius 1 is 1.19 bits per heavy atom.